The minimum absolute atomic E-state index is 0.0711. The summed E-state index contributed by atoms with van der Waals surface area (Å²) in [6.45, 7) is 0.0711. The Bertz CT molecular complexity index is 599. The zero-order chi connectivity index (χ0) is 14.0. The minimum Gasteiger partial charge on any atom is -0.486 e. The van der Waals surface area contributed by atoms with Gasteiger partial charge in [0.1, 0.15) is 6.61 Å². The number of nitrogen functional groups attached to an aromatic ring is 1. The van der Waals surface area contributed by atoms with Crippen molar-refractivity contribution in [1.29, 1.82) is 0 Å². The van der Waals surface area contributed by atoms with Crippen molar-refractivity contribution >= 4 is 33.2 Å². The van der Waals surface area contributed by atoms with E-state index in [4.69, 9.17) is 22.1 Å². The first-order valence-electron chi connectivity index (χ1n) is 5.28. The van der Waals surface area contributed by atoms with Crippen molar-refractivity contribution in [3.63, 3.8) is 0 Å². The normalized spacial score (nSPS) is 10.5. The van der Waals surface area contributed by atoms with Crippen LogP contribution in [0, 0.1) is 11.6 Å². The summed E-state index contributed by atoms with van der Waals surface area (Å²) in [6.07, 6.45) is 0. The third kappa shape index (κ3) is 3.36. The summed E-state index contributed by atoms with van der Waals surface area (Å²) in [5.74, 6) is -1.39. The van der Waals surface area contributed by atoms with Gasteiger partial charge in [0.05, 0.1) is 10.2 Å². The van der Waals surface area contributed by atoms with Crippen molar-refractivity contribution in [2.45, 2.75) is 6.61 Å². The standard InChI is InChI=1S/C13H9BrClF2NO/c14-9-4-8(15)5-12(18)13(9)19-6-7-1-2-10(16)11(17)3-7/h1-5H,6,18H2. The summed E-state index contributed by atoms with van der Waals surface area (Å²) < 4.78 is 31.9. The molecule has 0 aliphatic carbocycles. The van der Waals surface area contributed by atoms with Crippen molar-refractivity contribution < 1.29 is 13.5 Å². The predicted molar refractivity (Wildman–Crippen MR) is 74.3 cm³/mol. The van der Waals surface area contributed by atoms with Crippen LogP contribution in [0.3, 0.4) is 0 Å². The topological polar surface area (TPSA) is 35.2 Å². The first kappa shape index (κ1) is 14.1. The second kappa shape index (κ2) is 5.75. The molecular formula is C13H9BrClF2NO. The van der Waals surface area contributed by atoms with Gasteiger partial charge in [-0.2, -0.15) is 0 Å². The highest BCUT2D eigenvalue weighted by Gasteiger charge is 2.09. The van der Waals surface area contributed by atoms with E-state index in [9.17, 15) is 8.78 Å². The van der Waals surface area contributed by atoms with Gasteiger partial charge in [-0.05, 0) is 45.8 Å². The molecule has 2 aromatic carbocycles. The van der Waals surface area contributed by atoms with Crippen molar-refractivity contribution in [2.75, 3.05) is 5.73 Å². The lowest BCUT2D eigenvalue weighted by Gasteiger charge is -2.11. The molecule has 0 saturated carbocycles. The fourth-order valence-corrected chi connectivity index (χ4v) is 2.47. The largest absolute Gasteiger partial charge is 0.486 e. The zero-order valence-corrected chi connectivity index (χ0v) is 11.9. The molecule has 0 aliphatic heterocycles. The Kier molecular flexibility index (Phi) is 4.27. The first-order chi connectivity index (χ1) is 8.97. The van der Waals surface area contributed by atoms with Crippen molar-refractivity contribution in [3.05, 3.63) is 57.0 Å². The molecule has 0 unspecified atom stereocenters. The van der Waals surface area contributed by atoms with Crippen LogP contribution in [-0.2, 0) is 6.61 Å². The molecular weight excluding hydrogens is 340 g/mol. The lowest BCUT2D eigenvalue weighted by Crippen LogP contribution is -2.00. The second-order valence-corrected chi connectivity index (χ2v) is 5.13. The SMILES string of the molecule is Nc1cc(Cl)cc(Br)c1OCc1ccc(F)c(F)c1. The Hall–Kier alpha value is -1.33. The molecule has 0 spiro atoms. The van der Waals surface area contributed by atoms with E-state index in [0.717, 1.165) is 12.1 Å². The number of anilines is 1. The lowest BCUT2D eigenvalue weighted by molar-refractivity contribution is 0.305. The van der Waals surface area contributed by atoms with Crippen LogP contribution in [-0.4, -0.2) is 0 Å². The van der Waals surface area contributed by atoms with Gasteiger partial charge in [-0.3, -0.25) is 0 Å². The molecule has 0 bridgehead atoms. The molecule has 0 fully saturated rings. The Morgan fingerprint density at radius 2 is 1.89 bits per heavy atom. The van der Waals surface area contributed by atoms with Gasteiger partial charge in [0.25, 0.3) is 0 Å². The van der Waals surface area contributed by atoms with E-state index in [2.05, 4.69) is 15.9 Å². The van der Waals surface area contributed by atoms with Gasteiger partial charge >= 0.3 is 0 Å². The van der Waals surface area contributed by atoms with Crippen molar-refractivity contribution in [2.24, 2.45) is 0 Å². The van der Waals surface area contributed by atoms with Gasteiger partial charge in [0.15, 0.2) is 17.4 Å². The maximum absolute atomic E-state index is 13.0. The minimum atomic E-state index is -0.913. The maximum Gasteiger partial charge on any atom is 0.159 e. The number of hydrogen-bond donors (Lipinski definition) is 1. The Labute approximate surface area is 122 Å². The molecule has 0 aromatic heterocycles. The summed E-state index contributed by atoms with van der Waals surface area (Å²) in [6, 6.07) is 6.76. The quantitative estimate of drug-likeness (QED) is 0.826. The van der Waals surface area contributed by atoms with E-state index in [0.29, 0.717) is 26.5 Å². The molecule has 0 aliphatic rings. The Balaban J connectivity index is 2.16. The van der Waals surface area contributed by atoms with Crippen LogP contribution in [0.4, 0.5) is 14.5 Å². The molecule has 0 heterocycles. The Morgan fingerprint density at radius 3 is 2.53 bits per heavy atom. The van der Waals surface area contributed by atoms with Gasteiger partial charge in [-0.15, -0.1) is 0 Å². The molecule has 0 saturated heterocycles. The van der Waals surface area contributed by atoms with E-state index in [-0.39, 0.29) is 6.61 Å². The maximum atomic E-state index is 13.0. The van der Waals surface area contributed by atoms with Gasteiger partial charge in [-0.1, -0.05) is 17.7 Å². The van der Waals surface area contributed by atoms with E-state index in [1.165, 1.54) is 6.07 Å². The summed E-state index contributed by atoms with van der Waals surface area (Å²) in [5, 5.41) is 0.476. The second-order valence-electron chi connectivity index (χ2n) is 3.84. The molecule has 0 radical (unpaired) electrons. The molecule has 2 N–H and O–H groups in total. The van der Waals surface area contributed by atoms with Crippen LogP contribution in [0.1, 0.15) is 5.56 Å². The molecule has 2 nitrogen and oxygen atoms in total. The molecule has 6 heteroatoms. The predicted octanol–water partition coefficient (Wildman–Crippen LogP) is 4.54. The highest BCUT2D eigenvalue weighted by atomic mass is 79.9. The Morgan fingerprint density at radius 1 is 1.16 bits per heavy atom. The van der Waals surface area contributed by atoms with Crippen molar-refractivity contribution in [3.8, 4) is 5.75 Å². The molecule has 0 atom stereocenters. The van der Waals surface area contributed by atoms with E-state index in [1.54, 1.807) is 12.1 Å². The van der Waals surface area contributed by atoms with E-state index < -0.39 is 11.6 Å². The number of halogens is 4. The fraction of sp³-hybridized carbons (Fsp3) is 0.0769. The highest BCUT2D eigenvalue weighted by molar-refractivity contribution is 9.10. The van der Waals surface area contributed by atoms with Crippen LogP contribution in [0.5, 0.6) is 5.75 Å². The molecule has 100 valence electrons. The van der Waals surface area contributed by atoms with Gasteiger partial charge in [0, 0.05) is 5.02 Å². The summed E-state index contributed by atoms with van der Waals surface area (Å²) in [7, 11) is 0. The van der Waals surface area contributed by atoms with Gasteiger partial charge in [-0.25, -0.2) is 8.78 Å². The molecule has 0 amide bonds. The average Bonchev–Trinajstić information content (AvgIpc) is 2.32. The van der Waals surface area contributed by atoms with Crippen LogP contribution in [0.2, 0.25) is 5.02 Å². The average molecular weight is 349 g/mol. The van der Waals surface area contributed by atoms with E-state index >= 15 is 0 Å². The first-order valence-corrected chi connectivity index (χ1v) is 6.45. The summed E-state index contributed by atoms with van der Waals surface area (Å²) in [5.41, 5.74) is 6.63. The van der Waals surface area contributed by atoms with Crippen LogP contribution in [0.15, 0.2) is 34.8 Å². The molecule has 2 rings (SSSR count). The summed E-state index contributed by atoms with van der Waals surface area (Å²) in [4.78, 5) is 0. The van der Waals surface area contributed by atoms with Crippen LogP contribution in [0.25, 0.3) is 0 Å². The number of rotatable bonds is 3. The number of ether oxygens (including phenoxy) is 1. The van der Waals surface area contributed by atoms with Gasteiger partial charge < -0.3 is 10.5 Å². The monoisotopic (exact) mass is 347 g/mol. The van der Waals surface area contributed by atoms with Crippen LogP contribution < -0.4 is 10.5 Å². The third-order valence-corrected chi connectivity index (χ3v) is 3.21. The highest BCUT2D eigenvalue weighted by Crippen LogP contribution is 2.35. The molecule has 19 heavy (non-hydrogen) atoms. The van der Waals surface area contributed by atoms with E-state index in [1.807, 2.05) is 0 Å². The lowest BCUT2D eigenvalue weighted by atomic mass is 10.2. The zero-order valence-electron chi connectivity index (χ0n) is 9.59. The summed E-state index contributed by atoms with van der Waals surface area (Å²) >= 11 is 9.09. The third-order valence-electron chi connectivity index (χ3n) is 2.40. The fourth-order valence-electron chi connectivity index (χ4n) is 1.52. The number of nitrogens with two attached hydrogens (primary N) is 1. The van der Waals surface area contributed by atoms with Crippen LogP contribution >= 0.6 is 27.5 Å². The smallest absolute Gasteiger partial charge is 0.159 e. The number of benzene rings is 2. The van der Waals surface area contributed by atoms with Crippen molar-refractivity contribution in [1.82, 2.24) is 0 Å². The molecule has 2 aromatic rings. The van der Waals surface area contributed by atoms with Gasteiger partial charge in [0.2, 0.25) is 0 Å². The number of hydrogen-bond acceptors (Lipinski definition) is 2.